The fraction of sp³-hybridized carbons (Fsp3) is 0.650. The van der Waals surface area contributed by atoms with Gasteiger partial charge >= 0.3 is 5.97 Å². The number of esters is 1. The summed E-state index contributed by atoms with van der Waals surface area (Å²) < 4.78 is 5.19. The van der Waals surface area contributed by atoms with Crippen molar-refractivity contribution in [3.63, 3.8) is 0 Å². The zero-order chi connectivity index (χ0) is 16.8. The molecule has 0 amide bonds. The van der Waals surface area contributed by atoms with E-state index in [9.17, 15) is 9.90 Å². The molecule has 1 rings (SSSR count). The summed E-state index contributed by atoms with van der Waals surface area (Å²) in [6.07, 6.45) is 14.0. The summed E-state index contributed by atoms with van der Waals surface area (Å²) in [5.41, 5.74) is 0.246. The molecule has 3 heteroatoms. The lowest BCUT2D eigenvalue weighted by Gasteiger charge is -2.06. The van der Waals surface area contributed by atoms with E-state index in [1.807, 2.05) is 0 Å². The zero-order valence-electron chi connectivity index (χ0n) is 14.6. The van der Waals surface area contributed by atoms with Gasteiger partial charge in [-0.3, -0.25) is 0 Å². The van der Waals surface area contributed by atoms with E-state index in [1.165, 1.54) is 63.9 Å². The van der Waals surface area contributed by atoms with Gasteiger partial charge in [0.25, 0.3) is 0 Å². The Labute approximate surface area is 141 Å². The number of carbonyl (C=O) groups excluding carboxylic acids is 1. The van der Waals surface area contributed by atoms with Gasteiger partial charge in [0, 0.05) is 0 Å². The maximum Gasteiger partial charge on any atom is 0.341 e. The van der Waals surface area contributed by atoms with E-state index < -0.39 is 5.97 Å². The van der Waals surface area contributed by atoms with E-state index in [0.717, 1.165) is 12.8 Å². The first-order valence-electron chi connectivity index (χ1n) is 9.20. The minimum absolute atomic E-state index is 0.0172. The first kappa shape index (κ1) is 19.5. The van der Waals surface area contributed by atoms with E-state index in [-0.39, 0.29) is 11.3 Å². The molecule has 0 fully saturated rings. The second-order valence-corrected chi connectivity index (χ2v) is 6.19. The summed E-state index contributed by atoms with van der Waals surface area (Å²) in [5, 5.41) is 9.57. The molecule has 1 N–H and O–H groups in total. The van der Waals surface area contributed by atoms with Crippen LogP contribution < -0.4 is 0 Å². The summed E-state index contributed by atoms with van der Waals surface area (Å²) >= 11 is 0. The molecule has 0 aliphatic rings. The van der Waals surface area contributed by atoms with Crippen LogP contribution in [0.1, 0.15) is 87.9 Å². The van der Waals surface area contributed by atoms with Crippen molar-refractivity contribution in [3.05, 3.63) is 29.8 Å². The van der Waals surface area contributed by atoms with Gasteiger partial charge in [-0.05, 0) is 18.6 Å². The Hall–Kier alpha value is -1.51. The van der Waals surface area contributed by atoms with Crippen molar-refractivity contribution in [2.24, 2.45) is 0 Å². The number of unbranched alkanes of at least 4 members (excludes halogenated alkanes) is 10. The number of hydrogen-bond acceptors (Lipinski definition) is 3. The Bertz CT molecular complexity index is 429. The van der Waals surface area contributed by atoms with E-state index in [1.54, 1.807) is 18.2 Å². The largest absolute Gasteiger partial charge is 0.507 e. The Kier molecular flexibility index (Phi) is 11.0. The van der Waals surface area contributed by atoms with Crippen molar-refractivity contribution in [1.29, 1.82) is 0 Å². The average molecular weight is 320 g/mol. The molecule has 0 heterocycles. The molecule has 0 bridgehead atoms. The molecule has 0 saturated heterocycles. The fourth-order valence-corrected chi connectivity index (χ4v) is 2.66. The van der Waals surface area contributed by atoms with Gasteiger partial charge in [-0.1, -0.05) is 83.3 Å². The number of para-hydroxylation sites is 1. The van der Waals surface area contributed by atoms with Gasteiger partial charge in [0.15, 0.2) is 0 Å². The molecule has 0 atom stereocenters. The number of carbonyl (C=O) groups is 1. The molecule has 23 heavy (non-hydrogen) atoms. The molecular weight excluding hydrogens is 288 g/mol. The molecule has 0 aliphatic heterocycles. The van der Waals surface area contributed by atoms with Crippen LogP contribution in [-0.2, 0) is 4.74 Å². The second-order valence-electron chi connectivity index (χ2n) is 6.19. The quantitative estimate of drug-likeness (QED) is 0.366. The summed E-state index contributed by atoms with van der Waals surface area (Å²) in [5.74, 6) is -0.452. The van der Waals surface area contributed by atoms with E-state index >= 15 is 0 Å². The van der Waals surface area contributed by atoms with Gasteiger partial charge in [-0.15, -0.1) is 0 Å². The van der Waals surface area contributed by atoms with E-state index in [2.05, 4.69) is 6.92 Å². The first-order valence-corrected chi connectivity index (χ1v) is 9.20. The topological polar surface area (TPSA) is 46.5 Å². The van der Waals surface area contributed by atoms with Crippen molar-refractivity contribution in [1.82, 2.24) is 0 Å². The number of benzene rings is 1. The van der Waals surface area contributed by atoms with Crippen LogP contribution in [0.3, 0.4) is 0 Å². The highest BCUT2D eigenvalue weighted by Gasteiger charge is 2.10. The molecule has 0 unspecified atom stereocenters. The standard InChI is InChI=1S/C20H32O3/c1-2-3-4-5-6-7-8-9-10-11-14-17-23-20(22)18-15-12-13-16-19(18)21/h12-13,15-16,21H,2-11,14,17H2,1H3. The average Bonchev–Trinajstić information content (AvgIpc) is 2.56. The van der Waals surface area contributed by atoms with Crippen LogP contribution in [0.5, 0.6) is 5.75 Å². The van der Waals surface area contributed by atoms with Gasteiger partial charge in [0.05, 0.1) is 6.61 Å². The zero-order valence-corrected chi connectivity index (χ0v) is 14.6. The highest BCUT2D eigenvalue weighted by atomic mass is 16.5. The first-order chi connectivity index (χ1) is 11.3. The number of hydrogen-bond donors (Lipinski definition) is 1. The predicted molar refractivity (Wildman–Crippen MR) is 94.9 cm³/mol. The van der Waals surface area contributed by atoms with Crippen molar-refractivity contribution in [2.75, 3.05) is 6.61 Å². The smallest absolute Gasteiger partial charge is 0.341 e. The summed E-state index contributed by atoms with van der Waals surface area (Å²) in [6.45, 7) is 2.68. The van der Waals surface area contributed by atoms with Crippen molar-refractivity contribution in [2.45, 2.75) is 77.6 Å². The van der Waals surface area contributed by atoms with Crippen molar-refractivity contribution < 1.29 is 14.6 Å². The normalized spacial score (nSPS) is 10.7. The Morgan fingerprint density at radius 3 is 1.96 bits per heavy atom. The molecule has 0 aromatic heterocycles. The van der Waals surface area contributed by atoms with Gasteiger partial charge in [0.1, 0.15) is 11.3 Å². The Morgan fingerprint density at radius 2 is 1.39 bits per heavy atom. The van der Waals surface area contributed by atoms with Gasteiger partial charge in [0.2, 0.25) is 0 Å². The van der Waals surface area contributed by atoms with Crippen LogP contribution >= 0.6 is 0 Å². The van der Waals surface area contributed by atoms with E-state index in [0.29, 0.717) is 6.61 Å². The van der Waals surface area contributed by atoms with Crippen molar-refractivity contribution >= 4 is 5.97 Å². The van der Waals surface area contributed by atoms with Gasteiger partial charge in [-0.25, -0.2) is 4.79 Å². The lowest BCUT2D eigenvalue weighted by atomic mass is 10.1. The molecule has 1 aromatic rings. The molecule has 0 saturated carbocycles. The molecule has 1 aromatic carbocycles. The van der Waals surface area contributed by atoms with Crippen LogP contribution in [0.25, 0.3) is 0 Å². The highest BCUT2D eigenvalue weighted by Crippen LogP contribution is 2.17. The minimum Gasteiger partial charge on any atom is -0.507 e. The predicted octanol–water partition coefficient (Wildman–Crippen LogP) is 5.86. The number of ether oxygens (including phenoxy) is 1. The highest BCUT2D eigenvalue weighted by molar-refractivity contribution is 5.92. The van der Waals surface area contributed by atoms with Crippen LogP contribution in [-0.4, -0.2) is 17.7 Å². The van der Waals surface area contributed by atoms with Gasteiger partial charge < -0.3 is 9.84 Å². The van der Waals surface area contributed by atoms with Gasteiger partial charge in [-0.2, -0.15) is 0 Å². The monoisotopic (exact) mass is 320 g/mol. The molecule has 0 spiro atoms. The summed E-state index contributed by atoms with van der Waals surface area (Å²) in [4.78, 5) is 11.8. The lowest BCUT2D eigenvalue weighted by Crippen LogP contribution is -2.06. The number of phenols is 1. The molecular formula is C20H32O3. The maximum absolute atomic E-state index is 11.8. The third kappa shape index (κ3) is 9.27. The summed E-state index contributed by atoms with van der Waals surface area (Å²) in [7, 11) is 0. The Balaban J connectivity index is 1.92. The van der Waals surface area contributed by atoms with Crippen LogP contribution in [0, 0.1) is 0 Å². The molecule has 0 aliphatic carbocycles. The SMILES string of the molecule is CCCCCCCCCCCCCOC(=O)c1ccccc1O. The minimum atomic E-state index is -0.435. The van der Waals surface area contributed by atoms with Crippen molar-refractivity contribution in [3.8, 4) is 5.75 Å². The third-order valence-electron chi connectivity index (χ3n) is 4.11. The summed E-state index contributed by atoms with van der Waals surface area (Å²) in [6, 6.07) is 6.49. The maximum atomic E-state index is 11.8. The number of aromatic hydroxyl groups is 1. The fourth-order valence-electron chi connectivity index (χ4n) is 2.66. The Morgan fingerprint density at radius 1 is 0.870 bits per heavy atom. The third-order valence-corrected chi connectivity index (χ3v) is 4.11. The second kappa shape index (κ2) is 13.0. The van der Waals surface area contributed by atoms with E-state index in [4.69, 9.17) is 4.74 Å². The lowest BCUT2D eigenvalue weighted by molar-refractivity contribution is 0.0494. The number of rotatable bonds is 13. The van der Waals surface area contributed by atoms with Crippen LogP contribution in [0.15, 0.2) is 24.3 Å². The molecule has 130 valence electrons. The number of phenolic OH excluding ortho intramolecular Hbond substituents is 1. The van der Waals surface area contributed by atoms with Crippen LogP contribution in [0.2, 0.25) is 0 Å². The molecule has 0 radical (unpaired) electrons. The molecule has 3 nitrogen and oxygen atoms in total. The van der Waals surface area contributed by atoms with Crippen LogP contribution in [0.4, 0.5) is 0 Å².